The SMILES string of the molecule is CC(C)(C)OC(=O)c1cc2c(N)c(C(=O)c3ccccc3)sc2[nH]c1=O. The van der Waals surface area contributed by atoms with Crippen LogP contribution in [0, 0.1) is 0 Å². The summed E-state index contributed by atoms with van der Waals surface area (Å²) in [4.78, 5) is 40.6. The molecule has 134 valence electrons. The van der Waals surface area contributed by atoms with E-state index in [1.54, 1.807) is 45.0 Å². The fourth-order valence-corrected chi connectivity index (χ4v) is 3.50. The number of nitrogens with two attached hydrogens (primary N) is 1. The van der Waals surface area contributed by atoms with E-state index in [2.05, 4.69) is 4.98 Å². The number of ketones is 1. The van der Waals surface area contributed by atoms with Crippen LogP contribution >= 0.6 is 11.3 Å². The maximum Gasteiger partial charge on any atom is 0.344 e. The number of thiophene rings is 1. The number of hydrogen-bond acceptors (Lipinski definition) is 6. The van der Waals surface area contributed by atoms with Crippen LogP contribution in [0.5, 0.6) is 0 Å². The number of fused-ring (bicyclic) bond motifs is 1. The summed E-state index contributed by atoms with van der Waals surface area (Å²) in [6.45, 7) is 5.15. The molecule has 3 aromatic rings. The third-order valence-corrected chi connectivity index (χ3v) is 4.74. The van der Waals surface area contributed by atoms with E-state index in [1.165, 1.54) is 6.07 Å². The van der Waals surface area contributed by atoms with Crippen LogP contribution in [0.4, 0.5) is 5.69 Å². The average Bonchev–Trinajstić information content (AvgIpc) is 2.88. The normalized spacial score (nSPS) is 11.5. The van der Waals surface area contributed by atoms with Crippen LogP contribution in [0.15, 0.2) is 41.2 Å². The van der Waals surface area contributed by atoms with E-state index >= 15 is 0 Å². The quantitative estimate of drug-likeness (QED) is 0.544. The van der Waals surface area contributed by atoms with Gasteiger partial charge in [0.1, 0.15) is 20.9 Å². The molecule has 3 rings (SSSR count). The van der Waals surface area contributed by atoms with Crippen molar-refractivity contribution in [2.45, 2.75) is 26.4 Å². The standard InChI is InChI=1S/C19H18N2O4S/c1-19(2,3)25-18(24)12-9-11-13(20)15(26-17(11)21-16(12)23)14(22)10-7-5-4-6-8-10/h4-9H,20H2,1-3H3,(H,21,23). The van der Waals surface area contributed by atoms with Gasteiger partial charge in [-0.25, -0.2) is 4.79 Å². The fourth-order valence-electron chi connectivity index (χ4n) is 2.45. The molecular formula is C19H18N2O4S. The van der Waals surface area contributed by atoms with Gasteiger partial charge in [-0.05, 0) is 26.8 Å². The minimum Gasteiger partial charge on any atom is -0.456 e. The van der Waals surface area contributed by atoms with Crippen molar-refractivity contribution in [1.29, 1.82) is 0 Å². The topological polar surface area (TPSA) is 102 Å². The van der Waals surface area contributed by atoms with Gasteiger partial charge in [0.15, 0.2) is 0 Å². The minimum atomic E-state index is -0.734. The Balaban J connectivity index is 2.09. The summed E-state index contributed by atoms with van der Waals surface area (Å²) in [6.07, 6.45) is 0. The second-order valence-electron chi connectivity index (χ2n) is 6.80. The highest BCUT2D eigenvalue weighted by molar-refractivity contribution is 7.21. The summed E-state index contributed by atoms with van der Waals surface area (Å²) in [6, 6.07) is 10.1. The van der Waals surface area contributed by atoms with Crippen LogP contribution < -0.4 is 11.3 Å². The van der Waals surface area contributed by atoms with E-state index in [1.807, 2.05) is 6.07 Å². The van der Waals surface area contributed by atoms with Crippen molar-refractivity contribution in [2.75, 3.05) is 5.73 Å². The molecule has 0 atom stereocenters. The number of carbonyl (C=O) groups excluding carboxylic acids is 2. The molecule has 0 unspecified atom stereocenters. The van der Waals surface area contributed by atoms with E-state index in [9.17, 15) is 14.4 Å². The molecule has 0 aliphatic carbocycles. The van der Waals surface area contributed by atoms with Gasteiger partial charge in [0.25, 0.3) is 5.56 Å². The maximum atomic E-state index is 12.7. The van der Waals surface area contributed by atoms with Gasteiger partial charge in [-0.1, -0.05) is 30.3 Å². The number of nitrogen functional groups attached to an aromatic ring is 1. The second kappa shape index (κ2) is 6.42. The molecule has 6 nitrogen and oxygen atoms in total. The van der Waals surface area contributed by atoms with E-state index in [4.69, 9.17) is 10.5 Å². The summed E-state index contributed by atoms with van der Waals surface area (Å²) in [7, 11) is 0. The number of esters is 1. The predicted molar refractivity (Wildman–Crippen MR) is 102 cm³/mol. The Bertz CT molecular complexity index is 1060. The first-order valence-corrected chi connectivity index (χ1v) is 8.77. The second-order valence-corrected chi connectivity index (χ2v) is 7.82. The Kier molecular flexibility index (Phi) is 4.41. The molecule has 1 aromatic carbocycles. The van der Waals surface area contributed by atoms with Crippen molar-refractivity contribution in [3.63, 3.8) is 0 Å². The number of pyridine rings is 1. The third-order valence-electron chi connectivity index (χ3n) is 3.60. The van der Waals surface area contributed by atoms with Gasteiger partial charge < -0.3 is 15.5 Å². The molecule has 0 radical (unpaired) electrons. The Hall–Kier alpha value is -2.93. The van der Waals surface area contributed by atoms with Gasteiger partial charge >= 0.3 is 5.97 Å². The smallest absolute Gasteiger partial charge is 0.344 e. The molecule has 0 spiro atoms. The molecule has 7 heteroatoms. The molecule has 2 heterocycles. The van der Waals surface area contributed by atoms with E-state index < -0.39 is 17.1 Å². The number of ether oxygens (including phenoxy) is 1. The molecule has 0 amide bonds. The van der Waals surface area contributed by atoms with Gasteiger partial charge in [0.2, 0.25) is 5.78 Å². The van der Waals surface area contributed by atoms with Crippen molar-refractivity contribution in [2.24, 2.45) is 0 Å². The van der Waals surface area contributed by atoms with Crippen molar-refractivity contribution < 1.29 is 14.3 Å². The number of nitrogens with one attached hydrogen (secondary N) is 1. The summed E-state index contributed by atoms with van der Waals surface area (Å²) in [5.41, 5.74) is 5.43. The minimum absolute atomic E-state index is 0.143. The Morgan fingerprint density at radius 2 is 1.81 bits per heavy atom. The van der Waals surface area contributed by atoms with Crippen molar-refractivity contribution >= 4 is 39.0 Å². The lowest BCUT2D eigenvalue weighted by atomic mass is 10.1. The molecule has 3 N–H and O–H groups in total. The van der Waals surface area contributed by atoms with Crippen LogP contribution in [0.25, 0.3) is 10.2 Å². The lowest BCUT2D eigenvalue weighted by Gasteiger charge is -2.19. The number of aromatic nitrogens is 1. The number of rotatable bonds is 3. The number of anilines is 1. The summed E-state index contributed by atoms with van der Waals surface area (Å²) in [5.74, 6) is -0.967. The van der Waals surface area contributed by atoms with Crippen molar-refractivity contribution in [3.05, 3.63) is 62.8 Å². The third kappa shape index (κ3) is 3.39. The van der Waals surface area contributed by atoms with Crippen LogP contribution in [0.1, 0.15) is 46.4 Å². The first-order chi connectivity index (χ1) is 12.2. The van der Waals surface area contributed by atoms with Crippen LogP contribution in [0.2, 0.25) is 0 Å². The highest BCUT2D eigenvalue weighted by atomic mass is 32.1. The molecule has 0 saturated carbocycles. The molecule has 0 aliphatic heterocycles. The first-order valence-electron chi connectivity index (χ1n) is 7.96. The molecule has 26 heavy (non-hydrogen) atoms. The van der Waals surface area contributed by atoms with E-state index in [0.717, 1.165) is 11.3 Å². The van der Waals surface area contributed by atoms with Gasteiger partial charge in [0, 0.05) is 10.9 Å². The number of benzene rings is 1. The summed E-state index contributed by atoms with van der Waals surface area (Å²) >= 11 is 1.09. The van der Waals surface area contributed by atoms with Crippen LogP contribution in [-0.2, 0) is 4.74 Å². The van der Waals surface area contributed by atoms with E-state index in [0.29, 0.717) is 20.7 Å². The summed E-state index contributed by atoms with van der Waals surface area (Å²) in [5, 5.41) is 0.453. The summed E-state index contributed by atoms with van der Waals surface area (Å²) < 4.78 is 5.25. The first kappa shape index (κ1) is 17.9. The van der Waals surface area contributed by atoms with Crippen LogP contribution in [-0.4, -0.2) is 22.3 Å². The fraction of sp³-hybridized carbons (Fsp3) is 0.211. The Labute approximate surface area is 153 Å². The number of carbonyl (C=O) groups is 2. The predicted octanol–water partition coefficient (Wildman–Crippen LogP) is 3.36. The Morgan fingerprint density at radius 3 is 2.42 bits per heavy atom. The zero-order valence-electron chi connectivity index (χ0n) is 14.6. The number of H-pyrrole nitrogens is 1. The highest BCUT2D eigenvalue weighted by Crippen LogP contribution is 2.33. The number of hydrogen-bond donors (Lipinski definition) is 2. The zero-order valence-corrected chi connectivity index (χ0v) is 15.4. The van der Waals surface area contributed by atoms with Crippen LogP contribution in [0.3, 0.4) is 0 Å². The highest BCUT2D eigenvalue weighted by Gasteiger charge is 2.24. The molecule has 0 bridgehead atoms. The van der Waals surface area contributed by atoms with E-state index in [-0.39, 0.29) is 17.0 Å². The lowest BCUT2D eigenvalue weighted by Crippen LogP contribution is -2.28. The van der Waals surface area contributed by atoms with Gasteiger partial charge in [-0.15, -0.1) is 11.3 Å². The van der Waals surface area contributed by atoms with Gasteiger partial charge in [-0.3, -0.25) is 9.59 Å². The molecule has 0 saturated heterocycles. The maximum absolute atomic E-state index is 12.7. The molecular weight excluding hydrogens is 352 g/mol. The monoisotopic (exact) mass is 370 g/mol. The van der Waals surface area contributed by atoms with Gasteiger partial charge in [0.05, 0.1) is 5.69 Å². The van der Waals surface area contributed by atoms with Crippen molar-refractivity contribution in [1.82, 2.24) is 4.98 Å². The molecule has 0 aliphatic rings. The zero-order chi connectivity index (χ0) is 19.1. The van der Waals surface area contributed by atoms with Crippen molar-refractivity contribution in [3.8, 4) is 0 Å². The lowest BCUT2D eigenvalue weighted by molar-refractivity contribution is 0.00677. The largest absolute Gasteiger partial charge is 0.456 e. The molecule has 0 fully saturated rings. The van der Waals surface area contributed by atoms with Gasteiger partial charge in [-0.2, -0.15) is 0 Å². The Morgan fingerprint density at radius 1 is 1.15 bits per heavy atom. The molecule has 2 aromatic heterocycles. The average molecular weight is 370 g/mol. The number of aromatic amines is 1.